The molecule has 0 fully saturated rings. The van der Waals surface area contributed by atoms with Crippen molar-refractivity contribution in [2.45, 2.75) is 32.3 Å². The maximum absolute atomic E-state index is 5.97. The molecule has 0 radical (unpaired) electrons. The largest absolute Gasteiger partial charge is 0.379 e. The number of halogens is 2. The molecule has 0 bridgehead atoms. The molecule has 1 rings (SSSR count). The van der Waals surface area contributed by atoms with Gasteiger partial charge in [0.15, 0.2) is 0 Å². The molecule has 0 aromatic heterocycles. The van der Waals surface area contributed by atoms with E-state index in [9.17, 15) is 0 Å². The minimum atomic E-state index is 0.273. The zero-order chi connectivity index (χ0) is 12.0. The van der Waals surface area contributed by atoms with Gasteiger partial charge in [0.2, 0.25) is 0 Å². The SMILES string of the molecule is CC(C)OCCC(CCl)c1cccc(Cl)c1. The Balaban J connectivity index is 2.53. The van der Waals surface area contributed by atoms with Crippen molar-refractivity contribution in [2.24, 2.45) is 0 Å². The van der Waals surface area contributed by atoms with Gasteiger partial charge >= 0.3 is 0 Å². The van der Waals surface area contributed by atoms with Crippen molar-refractivity contribution < 1.29 is 4.74 Å². The molecule has 0 saturated heterocycles. The zero-order valence-corrected chi connectivity index (χ0v) is 11.3. The quantitative estimate of drug-likeness (QED) is 0.686. The lowest BCUT2D eigenvalue weighted by molar-refractivity contribution is 0.0743. The molecule has 0 saturated carbocycles. The molecular formula is C13H18Cl2O. The summed E-state index contributed by atoms with van der Waals surface area (Å²) in [6.45, 7) is 4.81. The molecule has 0 amide bonds. The molecule has 0 spiro atoms. The van der Waals surface area contributed by atoms with Crippen LogP contribution in [0.25, 0.3) is 0 Å². The van der Waals surface area contributed by atoms with Crippen LogP contribution in [-0.2, 0) is 4.74 Å². The molecule has 0 aliphatic rings. The molecule has 1 aromatic rings. The lowest BCUT2D eigenvalue weighted by atomic mass is 9.98. The standard InChI is InChI=1S/C13H18Cl2O/c1-10(2)16-7-6-12(9-14)11-4-3-5-13(15)8-11/h3-5,8,10,12H,6-7,9H2,1-2H3. The first kappa shape index (κ1) is 13.8. The van der Waals surface area contributed by atoms with Gasteiger partial charge in [-0.25, -0.2) is 0 Å². The fourth-order valence-electron chi connectivity index (χ4n) is 1.54. The average Bonchev–Trinajstić information content (AvgIpc) is 2.24. The van der Waals surface area contributed by atoms with Crippen LogP contribution >= 0.6 is 23.2 Å². The van der Waals surface area contributed by atoms with Crippen molar-refractivity contribution in [1.29, 1.82) is 0 Å². The second kappa shape index (κ2) is 7.16. The predicted octanol–water partition coefficient (Wildman–Crippen LogP) is 4.48. The van der Waals surface area contributed by atoms with Gasteiger partial charge in [0.05, 0.1) is 6.10 Å². The van der Waals surface area contributed by atoms with Gasteiger partial charge in [-0.3, -0.25) is 0 Å². The Morgan fingerprint density at radius 3 is 2.62 bits per heavy atom. The van der Waals surface area contributed by atoms with E-state index in [1.165, 1.54) is 5.56 Å². The fraction of sp³-hybridized carbons (Fsp3) is 0.538. The number of benzene rings is 1. The Morgan fingerprint density at radius 1 is 1.31 bits per heavy atom. The monoisotopic (exact) mass is 260 g/mol. The van der Waals surface area contributed by atoms with E-state index in [4.69, 9.17) is 27.9 Å². The number of hydrogen-bond acceptors (Lipinski definition) is 1. The summed E-state index contributed by atoms with van der Waals surface area (Å²) in [5, 5.41) is 0.761. The highest BCUT2D eigenvalue weighted by atomic mass is 35.5. The normalized spacial score (nSPS) is 13.1. The third-order valence-corrected chi connectivity index (χ3v) is 3.03. The molecule has 16 heavy (non-hydrogen) atoms. The van der Waals surface area contributed by atoms with Crippen molar-refractivity contribution in [1.82, 2.24) is 0 Å². The van der Waals surface area contributed by atoms with Gasteiger partial charge < -0.3 is 4.74 Å². The zero-order valence-electron chi connectivity index (χ0n) is 9.75. The van der Waals surface area contributed by atoms with E-state index in [1.807, 2.05) is 32.0 Å². The molecule has 90 valence electrons. The van der Waals surface area contributed by atoms with E-state index < -0.39 is 0 Å². The minimum Gasteiger partial charge on any atom is -0.379 e. The van der Waals surface area contributed by atoms with Crippen molar-refractivity contribution >= 4 is 23.2 Å². The average molecular weight is 261 g/mol. The second-order valence-electron chi connectivity index (χ2n) is 4.11. The first-order chi connectivity index (χ1) is 7.63. The maximum atomic E-state index is 5.97. The molecule has 0 aliphatic heterocycles. The smallest absolute Gasteiger partial charge is 0.0518 e. The summed E-state index contributed by atoms with van der Waals surface area (Å²) in [6.07, 6.45) is 1.21. The van der Waals surface area contributed by atoms with Gasteiger partial charge in [-0.05, 0) is 43.9 Å². The molecule has 1 aromatic carbocycles. The Morgan fingerprint density at radius 2 is 2.06 bits per heavy atom. The van der Waals surface area contributed by atoms with Gasteiger partial charge in [0, 0.05) is 17.5 Å². The summed E-state index contributed by atoms with van der Waals surface area (Å²) in [7, 11) is 0. The van der Waals surface area contributed by atoms with E-state index in [0.717, 1.165) is 18.1 Å². The number of hydrogen-bond donors (Lipinski definition) is 0. The van der Waals surface area contributed by atoms with Crippen LogP contribution in [0.3, 0.4) is 0 Å². The molecule has 1 unspecified atom stereocenters. The molecular weight excluding hydrogens is 243 g/mol. The maximum Gasteiger partial charge on any atom is 0.0518 e. The van der Waals surface area contributed by atoms with Crippen LogP contribution in [0.4, 0.5) is 0 Å². The van der Waals surface area contributed by atoms with E-state index in [1.54, 1.807) is 0 Å². The third kappa shape index (κ3) is 4.73. The van der Waals surface area contributed by atoms with Crippen LogP contribution in [0, 0.1) is 0 Å². The Labute approximate surface area is 108 Å². The Kier molecular flexibility index (Phi) is 6.18. The van der Waals surface area contributed by atoms with Crippen molar-refractivity contribution in [2.75, 3.05) is 12.5 Å². The summed E-state index contributed by atoms with van der Waals surface area (Å²) in [5.41, 5.74) is 1.19. The molecule has 0 heterocycles. The van der Waals surface area contributed by atoms with Gasteiger partial charge in [-0.2, -0.15) is 0 Å². The van der Waals surface area contributed by atoms with E-state index >= 15 is 0 Å². The highest BCUT2D eigenvalue weighted by Gasteiger charge is 2.10. The Hall–Kier alpha value is -0.240. The second-order valence-corrected chi connectivity index (χ2v) is 4.86. The Bertz CT molecular complexity index is 313. The van der Waals surface area contributed by atoms with Gasteiger partial charge in [0.1, 0.15) is 0 Å². The minimum absolute atomic E-state index is 0.273. The molecule has 1 atom stereocenters. The fourth-order valence-corrected chi connectivity index (χ4v) is 2.07. The third-order valence-electron chi connectivity index (χ3n) is 2.42. The van der Waals surface area contributed by atoms with Gasteiger partial charge in [0.25, 0.3) is 0 Å². The van der Waals surface area contributed by atoms with Crippen molar-refractivity contribution in [3.05, 3.63) is 34.9 Å². The summed E-state index contributed by atoms with van der Waals surface area (Å²) < 4.78 is 5.53. The highest BCUT2D eigenvalue weighted by Crippen LogP contribution is 2.24. The van der Waals surface area contributed by atoms with Gasteiger partial charge in [-0.1, -0.05) is 23.7 Å². The van der Waals surface area contributed by atoms with Crippen LogP contribution < -0.4 is 0 Å². The van der Waals surface area contributed by atoms with Crippen LogP contribution in [0.15, 0.2) is 24.3 Å². The number of alkyl halides is 1. The predicted molar refractivity (Wildman–Crippen MR) is 70.6 cm³/mol. The topological polar surface area (TPSA) is 9.23 Å². The summed E-state index contributed by atoms with van der Waals surface area (Å²) >= 11 is 11.9. The summed E-state index contributed by atoms with van der Waals surface area (Å²) in [4.78, 5) is 0. The van der Waals surface area contributed by atoms with Crippen molar-refractivity contribution in [3.63, 3.8) is 0 Å². The molecule has 0 aliphatic carbocycles. The lowest BCUT2D eigenvalue weighted by Crippen LogP contribution is -2.09. The van der Waals surface area contributed by atoms with Crippen molar-refractivity contribution in [3.8, 4) is 0 Å². The molecule has 0 N–H and O–H groups in total. The molecule has 1 nitrogen and oxygen atoms in total. The summed E-state index contributed by atoms with van der Waals surface area (Å²) in [6, 6.07) is 7.87. The van der Waals surface area contributed by atoms with Gasteiger partial charge in [-0.15, -0.1) is 11.6 Å². The number of ether oxygens (including phenoxy) is 1. The van der Waals surface area contributed by atoms with E-state index in [2.05, 4.69) is 6.07 Å². The first-order valence-corrected chi connectivity index (χ1v) is 6.47. The lowest BCUT2D eigenvalue weighted by Gasteiger charge is -2.15. The van der Waals surface area contributed by atoms with Crippen LogP contribution in [0.5, 0.6) is 0 Å². The van der Waals surface area contributed by atoms with Crippen LogP contribution in [-0.4, -0.2) is 18.6 Å². The highest BCUT2D eigenvalue weighted by molar-refractivity contribution is 6.30. The van der Waals surface area contributed by atoms with E-state index in [0.29, 0.717) is 11.8 Å². The van der Waals surface area contributed by atoms with E-state index in [-0.39, 0.29) is 6.10 Å². The van der Waals surface area contributed by atoms with Crippen LogP contribution in [0.2, 0.25) is 5.02 Å². The summed E-state index contributed by atoms with van der Waals surface area (Å²) in [5.74, 6) is 0.918. The first-order valence-electron chi connectivity index (χ1n) is 5.56. The number of rotatable bonds is 6. The molecule has 3 heteroatoms. The van der Waals surface area contributed by atoms with Crippen LogP contribution in [0.1, 0.15) is 31.7 Å².